The molecule has 0 saturated heterocycles. The molecule has 138 valence electrons. The number of nitrogens with one attached hydrogen (secondary N) is 1. The Kier molecular flexibility index (Phi) is 3.79. The van der Waals surface area contributed by atoms with Gasteiger partial charge in [-0.1, -0.05) is 6.07 Å². The van der Waals surface area contributed by atoms with E-state index in [9.17, 15) is 0 Å². The van der Waals surface area contributed by atoms with Crippen molar-refractivity contribution in [3.05, 3.63) is 66.1 Å². The van der Waals surface area contributed by atoms with Crippen molar-refractivity contribution in [3.8, 4) is 17.1 Å². The lowest BCUT2D eigenvalue weighted by atomic mass is 10.1. The minimum Gasteiger partial charge on any atom is -0.481 e. The number of benzene rings is 1. The van der Waals surface area contributed by atoms with Gasteiger partial charge in [-0.3, -0.25) is 14.7 Å². The highest BCUT2D eigenvalue weighted by Crippen LogP contribution is 2.30. The fourth-order valence-electron chi connectivity index (χ4n) is 3.44. The monoisotopic (exact) mass is 370 g/mol. The second-order valence-electron chi connectivity index (χ2n) is 6.59. The van der Waals surface area contributed by atoms with E-state index in [0.717, 1.165) is 44.9 Å². The van der Waals surface area contributed by atoms with Crippen LogP contribution in [0.25, 0.3) is 22.2 Å². The van der Waals surface area contributed by atoms with Crippen LogP contribution in [0.5, 0.6) is 5.88 Å². The maximum absolute atomic E-state index is 5.14. The number of ether oxygens (including phenoxy) is 1. The maximum Gasteiger partial charge on any atom is 0.212 e. The molecule has 7 heteroatoms. The Labute approximate surface area is 161 Å². The Bertz CT molecular complexity index is 1210. The number of aliphatic imine (C=N–C) groups is 1. The van der Waals surface area contributed by atoms with Crippen LogP contribution in [0, 0.1) is 0 Å². The van der Waals surface area contributed by atoms with E-state index in [2.05, 4.69) is 43.6 Å². The molecular formula is C21H18N6O. The summed E-state index contributed by atoms with van der Waals surface area (Å²) in [4.78, 5) is 13.3. The van der Waals surface area contributed by atoms with Crippen LogP contribution >= 0.6 is 0 Å². The number of amidine groups is 1. The summed E-state index contributed by atoms with van der Waals surface area (Å²) in [6.07, 6.45) is 3.57. The molecule has 0 amide bonds. The molecule has 0 atom stereocenters. The van der Waals surface area contributed by atoms with Gasteiger partial charge >= 0.3 is 0 Å². The van der Waals surface area contributed by atoms with Gasteiger partial charge in [0.2, 0.25) is 5.88 Å². The lowest BCUT2D eigenvalue weighted by Crippen LogP contribution is -2.13. The molecule has 0 bridgehead atoms. The zero-order valence-corrected chi connectivity index (χ0v) is 15.5. The van der Waals surface area contributed by atoms with E-state index in [4.69, 9.17) is 4.74 Å². The molecule has 0 radical (unpaired) electrons. The SMILES string of the molecule is COc1ccc(-c2nn(C)c3cc(NC4=NCc5cccnc54)ccc23)cn1. The van der Waals surface area contributed by atoms with E-state index < -0.39 is 0 Å². The first kappa shape index (κ1) is 16.4. The lowest BCUT2D eigenvalue weighted by molar-refractivity contribution is 0.398. The van der Waals surface area contributed by atoms with Gasteiger partial charge in [-0.25, -0.2) is 4.98 Å². The van der Waals surface area contributed by atoms with Crippen LogP contribution in [0.15, 0.2) is 59.9 Å². The average Bonchev–Trinajstić information content (AvgIpc) is 3.29. The number of aromatic nitrogens is 4. The van der Waals surface area contributed by atoms with E-state index in [0.29, 0.717) is 12.4 Å². The summed E-state index contributed by atoms with van der Waals surface area (Å²) >= 11 is 0. The summed E-state index contributed by atoms with van der Waals surface area (Å²) in [6, 6.07) is 14.0. The van der Waals surface area contributed by atoms with E-state index >= 15 is 0 Å². The first-order valence-electron chi connectivity index (χ1n) is 8.96. The van der Waals surface area contributed by atoms with Crippen LogP contribution in [0.2, 0.25) is 0 Å². The second kappa shape index (κ2) is 6.45. The molecular weight excluding hydrogens is 352 g/mol. The molecule has 0 fully saturated rings. The fraction of sp³-hybridized carbons (Fsp3) is 0.143. The molecule has 1 aromatic carbocycles. The maximum atomic E-state index is 5.14. The zero-order chi connectivity index (χ0) is 19.1. The van der Waals surface area contributed by atoms with Crippen molar-refractivity contribution in [1.82, 2.24) is 19.7 Å². The van der Waals surface area contributed by atoms with Crippen molar-refractivity contribution in [2.45, 2.75) is 6.54 Å². The number of fused-ring (bicyclic) bond motifs is 2. The number of aryl methyl sites for hydroxylation is 1. The van der Waals surface area contributed by atoms with Crippen LogP contribution in [-0.4, -0.2) is 32.7 Å². The van der Waals surface area contributed by atoms with E-state index in [1.807, 2.05) is 36.0 Å². The molecule has 4 aromatic rings. The van der Waals surface area contributed by atoms with Crippen molar-refractivity contribution in [1.29, 1.82) is 0 Å². The fourth-order valence-corrected chi connectivity index (χ4v) is 3.44. The van der Waals surface area contributed by atoms with Crippen LogP contribution in [-0.2, 0) is 13.6 Å². The van der Waals surface area contributed by atoms with Gasteiger partial charge in [0.25, 0.3) is 0 Å². The lowest BCUT2D eigenvalue weighted by Gasteiger charge is -2.07. The van der Waals surface area contributed by atoms with Gasteiger partial charge < -0.3 is 10.1 Å². The Balaban J connectivity index is 1.50. The Morgan fingerprint density at radius 2 is 2.00 bits per heavy atom. The molecule has 1 N–H and O–H groups in total. The summed E-state index contributed by atoms with van der Waals surface area (Å²) in [5.74, 6) is 1.39. The minimum atomic E-state index is 0.585. The topological polar surface area (TPSA) is 77.2 Å². The third kappa shape index (κ3) is 2.68. The predicted octanol–water partition coefficient (Wildman–Crippen LogP) is 3.41. The van der Waals surface area contributed by atoms with Gasteiger partial charge in [-0.2, -0.15) is 5.10 Å². The standard InChI is InChI=1S/C21H18N6O/c1-27-17-10-15(25-21-20-13(12-24-21)4-3-9-22-20)6-7-16(17)19(26-27)14-5-8-18(28-2)23-11-14/h3-11H,12H2,1-2H3,(H,24,25). The average molecular weight is 370 g/mol. The normalized spacial score (nSPS) is 12.7. The van der Waals surface area contributed by atoms with Gasteiger partial charge in [-0.05, 0) is 30.3 Å². The van der Waals surface area contributed by atoms with Crippen molar-refractivity contribution in [2.75, 3.05) is 12.4 Å². The molecule has 28 heavy (non-hydrogen) atoms. The first-order valence-corrected chi connectivity index (χ1v) is 8.96. The third-order valence-electron chi connectivity index (χ3n) is 4.86. The summed E-state index contributed by atoms with van der Waals surface area (Å²) in [5, 5.41) is 9.15. The molecule has 7 nitrogen and oxygen atoms in total. The highest BCUT2D eigenvalue weighted by atomic mass is 16.5. The molecule has 0 spiro atoms. The van der Waals surface area contributed by atoms with Crippen LogP contribution in [0.1, 0.15) is 11.3 Å². The number of pyridine rings is 2. The number of methoxy groups -OCH3 is 1. The largest absolute Gasteiger partial charge is 0.481 e. The Morgan fingerprint density at radius 3 is 2.82 bits per heavy atom. The Morgan fingerprint density at radius 1 is 1.07 bits per heavy atom. The summed E-state index contributed by atoms with van der Waals surface area (Å²) < 4.78 is 7.02. The first-order chi connectivity index (χ1) is 13.7. The summed E-state index contributed by atoms with van der Waals surface area (Å²) in [6.45, 7) is 0.661. The molecule has 0 saturated carbocycles. The highest BCUT2D eigenvalue weighted by molar-refractivity contribution is 6.10. The van der Waals surface area contributed by atoms with Gasteiger partial charge in [0.1, 0.15) is 11.4 Å². The molecule has 4 heterocycles. The molecule has 0 aliphatic carbocycles. The van der Waals surface area contributed by atoms with Crippen LogP contribution < -0.4 is 10.1 Å². The van der Waals surface area contributed by atoms with E-state index in [1.54, 1.807) is 19.5 Å². The molecule has 1 aliphatic rings. The number of rotatable bonds is 3. The van der Waals surface area contributed by atoms with Crippen molar-refractivity contribution < 1.29 is 4.74 Å². The summed E-state index contributed by atoms with van der Waals surface area (Å²) in [7, 11) is 3.55. The van der Waals surface area contributed by atoms with Crippen molar-refractivity contribution >= 4 is 22.4 Å². The number of anilines is 1. The van der Waals surface area contributed by atoms with Crippen LogP contribution in [0.4, 0.5) is 5.69 Å². The highest BCUT2D eigenvalue weighted by Gasteiger charge is 2.18. The van der Waals surface area contributed by atoms with Crippen LogP contribution in [0.3, 0.4) is 0 Å². The minimum absolute atomic E-state index is 0.585. The smallest absolute Gasteiger partial charge is 0.212 e. The van der Waals surface area contributed by atoms with Gasteiger partial charge in [0, 0.05) is 47.7 Å². The Hall–Kier alpha value is -3.74. The van der Waals surface area contributed by atoms with E-state index in [-0.39, 0.29) is 0 Å². The number of hydrogen-bond donors (Lipinski definition) is 1. The van der Waals surface area contributed by atoms with Gasteiger partial charge in [0.15, 0.2) is 5.84 Å². The van der Waals surface area contributed by atoms with Gasteiger partial charge in [0.05, 0.1) is 19.2 Å². The number of nitrogens with zero attached hydrogens (tertiary/aromatic N) is 5. The number of hydrogen-bond acceptors (Lipinski definition) is 6. The molecule has 0 unspecified atom stereocenters. The second-order valence-corrected chi connectivity index (χ2v) is 6.59. The third-order valence-corrected chi connectivity index (χ3v) is 4.86. The predicted molar refractivity (Wildman–Crippen MR) is 109 cm³/mol. The van der Waals surface area contributed by atoms with Gasteiger partial charge in [-0.15, -0.1) is 0 Å². The van der Waals surface area contributed by atoms with Crippen molar-refractivity contribution in [2.24, 2.45) is 12.0 Å². The molecule has 1 aliphatic heterocycles. The zero-order valence-electron chi connectivity index (χ0n) is 15.5. The molecule has 3 aromatic heterocycles. The molecule has 5 rings (SSSR count). The van der Waals surface area contributed by atoms with Crippen molar-refractivity contribution in [3.63, 3.8) is 0 Å². The van der Waals surface area contributed by atoms with E-state index in [1.165, 1.54) is 0 Å². The quantitative estimate of drug-likeness (QED) is 0.598. The summed E-state index contributed by atoms with van der Waals surface area (Å²) in [5.41, 5.74) is 5.87.